The second-order valence-electron chi connectivity index (χ2n) is 8.77. The normalized spacial score (nSPS) is 15.1. The van der Waals surface area contributed by atoms with Crippen LogP contribution in [0.3, 0.4) is 0 Å². The third kappa shape index (κ3) is 4.57. The highest BCUT2D eigenvalue weighted by Gasteiger charge is 2.38. The van der Waals surface area contributed by atoms with Crippen LogP contribution < -0.4 is 14.4 Å². The molecule has 10 heteroatoms. The molecule has 3 aromatic rings. The third-order valence-electron chi connectivity index (χ3n) is 6.74. The second kappa shape index (κ2) is 10.3. The SMILES string of the molecule is COc1ccc(CCN2C(=O)c3cccc(N4CCN(C(=O)c5cnccn5)CC4)c3C2=O)cc1OC. The fourth-order valence-electron chi connectivity index (χ4n) is 4.78. The van der Waals surface area contributed by atoms with Crippen LogP contribution in [-0.2, 0) is 6.42 Å². The zero-order chi connectivity index (χ0) is 25.9. The van der Waals surface area contributed by atoms with Gasteiger partial charge in [0.15, 0.2) is 11.5 Å². The number of carbonyl (C=O) groups is 3. The zero-order valence-corrected chi connectivity index (χ0v) is 20.7. The zero-order valence-electron chi connectivity index (χ0n) is 20.7. The van der Waals surface area contributed by atoms with Gasteiger partial charge in [0.05, 0.1) is 37.2 Å². The maximum Gasteiger partial charge on any atom is 0.274 e. The van der Waals surface area contributed by atoms with Crippen LogP contribution in [0.25, 0.3) is 0 Å². The number of anilines is 1. The van der Waals surface area contributed by atoms with E-state index in [0.29, 0.717) is 60.9 Å². The molecule has 0 N–H and O–H groups in total. The molecule has 37 heavy (non-hydrogen) atoms. The number of benzene rings is 2. The van der Waals surface area contributed by atoms with Gasteiger partial charge in [0.2, 0.25) is 0 Å². The number of hydrogen-bond donors (Lipinski definition) is 0. The van der Waals surface area contributed by atoms with Gasteiger partial charge in [-0.2, -0.15) is 0 Å². The molecule has 1 saturated heterocycles. The van der Waals surface area contributed by atoms with Crippen LogP contribution in [0.1, 0.15) is 36.8 Å². The summed E-state index contributed by atoms with van der Waals surface area (Å²) in [5.41, 5.74) is 2.79. The number of carbonyl (C=O) groups excluding carboxylic acids is 3. The monoisotopic (exact) mass is 501 g/mol. The highest BCUT2D eigenvalue weighted by Crippen LogP contribution is 2.33. The van der Waals surface area contributed by atoms with Crippen LogP contribution in [0.4, 0.5) is 5.69 Å². The van der Waals surface area contributed by atoms with Crippen LogP contribution in [0.5, 0.6) is 11.5 Å². The van der Waals surface area contributed by atoms with Gasteiger partial charge in [-0.25, -0.2) is 4.98 Å². The Morgan fingerprint density at radius 3 is 2.43 bits per heavy atom. The molecule has 2 aliphatic rings. The van der Waals surface area contributed by atoms with Crippen molar-refractivity contribution < 1.29 is 23.9 Å². The van der Waals surface area contributed by atoms with E-state index >= 15 is 0 Å². The van der Waals surface area contributed by atoms with E-state index in [4.69, 9.17) is 9.47 Å². The molecule has 3 amide bonds. The molecule has 2 aromatic carbocycles. The molecule has 190 valence electrons. The van der Waals surface area contributed by atoms with Crippen LogP contribution in [0.2, 0.25) is 0 Å². The molecule has 10 nitrogen and oxygen atoms in total. The number of rotatable bonds is 7. The number of methoxy groups -OCH3 is 2. The lowest BCUT2D eigenvalue weighted by Gasteiger charge is -2.36. The summed E-state index contributed by atoms with van der Waals surface area (Å²) in [4.78, 5) is 52.5. The molecular weight excluding hydrogens is 474 g/mol. The predicted octanol–water partition coefficient (Wildman–Crippen LogP) is 2.29. The van der Waals surface area contributed by atoms with Gasteiger partial charge in [-0.05, 0) is 36.2 Å². The van der Waals surface area contributed by atoms with Gasteiger partial charge in [0, 0.05) is 45.1 Å². The van der Waals surface area contributed by atoms with Crippen LogP contribution in [0.15, 0.2) is 55.0 Å². The summed E-state index contributed by atoms with van der Waals surface area (Å²) in [5.74, 6) is 0.461. The van der Waals surface area contributed by atoms with E-state index in [1.807, 2.05) is 24.3 Å². The number of amides is 3. The number of ether oxygens (including phenoxy) is 2. The average molecular weight is 502 g/mol. The Kier molecular flexibility index (Phi) is 6.72. The molecule has 1 fully saturated rings. The van der Waals surface area contributed by atoms with Crippen molar-refractivity contribution in [3.05, 3.63) is 77.4 Å². The summed E-state index contributed by atoms with van der Waals surface area (Å²) < 4.78 is 10.6. The van der Waals surface area contributed by atoms with Crippen molar-refractivity contribution in [2.24, 2.45) is 0 Å². The summed E-state index contributed by atoms with van der Waals surface area (Å²) in [7, 11) is 3.14. The highest BCUT2D eigenvalue weighted by atomic mass is 16.5. The lowest BCUT2D eigenvalue weighted by atomic mass is 10.1. The fraction of sp³-hybridized carbons (Fsp3) is 0.296. The number of fused-ring (bicyclic) bond motifs is 1. The number of aromatic nitrogens is 2. The van der Waals surface area contributed by atoms with E-state index in [1.54, 1.807) is 31.3 Å². The van der Waals surface area contributed by atoms with Crippen molar-refractivity contribution in [3.63, 3.8) is 0 Å². The van der Waals surface area contributed by atoms with Gasteiger partial charge in [0.25, 0.3) is 17.7 Å². The largest absolute Gasteiger partial charge is 0.493 e. The van der Waals surface area contributed by atoms with Crippen molar-refractivity contribution in [3.8, 4) is 11.5 Å². The lowest BCUT2D eigenvalue weighted by molar-refractivity contribution is 0.0654. The highest BCUT2D eigenvalue weighted by molar-refractivity contribution is 6.23. The maximum atomic E-state index is 13.4. The second-order valence-corrected chi connectivity index (χ2v) is 8.77. The Morgan fingerprint density at radius 1 is 0.946 bits per heavy atom. The minimum absolute atomic E-state index is 0.168. The quantitative estimate of drug-likeness (QED) is 0.454. The first-order valence-electron chi connectivity index (χ1n) is 12.0. The summed E-state index contributed by atoms with van der Waals surface area (Å²) in [6.07, 6.45) is 4.97. The Labute approximate surface area is 214 Å². The first-order valence-corrected chi connectivity index (χ1v) is 12.0. The molecule has 0 atom stereocenters. The molecular formula is C27H27N5O5. The third-order valence-corrected chi connectivity index (χ3v) is 6.74. The molecule has 0 spiro atoms. The van der Waals surface area contributed by atoms with Gasteiger partial charge in [0.1, 0.15) is 5.69 Å². The molecule has 5 rings (SSSR count). The van der Waals surface area contributed by atoms with E-state index in [0.717, 1.165) is 11.3 Å². The van der Waals surface area contributed by atoms with Gasteiger partial charge in [-0.3, -0.25) is 24.3 Å². The topological polar surface area (TPSA) is 105 Å². The average Bonchev–Trinajstić information content (AvgIpc) is 3.20. The van der Waals surface area contributed by atoms with Gasteiger partial charge >= 0.3 is 0 Å². The molecule has 0 radical (unpaired) electrons. The summed E-state index contributed by atoms with van der Waals surface area (Å²) in [6.45, 7) is 2.28. The Hall–Kier alpha value is -4.47. The molecule has 0 aliphatic carbocycles. The van der Waals surface area contributed by atoms with Crippen molar-refractivity contribution >= 4 is 23.4 Å². The Morgan fingerprint density at radius 2 is 1.73 bits per heavy atom. The number of nitrogens with zero attached hydrogens (tertiary/aromatic N) is 5. The Bertz CT molecular complexity index is 1340. The van der Waals surface area contributed by atoms with Crippen LogP contribution >= 0.6 is 0 Å². The van der Waals surface area contributed by atoms with Crippen molar-refractivity contribution in [2.45, 2.75) is 6.42 Å². The van der Waals surface area contributed by atoms with Gasteiger partial charge < -0.3 is 19.3 Å². The minimum Gasteiger partial charge on any atom is -0.493 e. The molecule has 3 heterocycles. The van der Waals surface area contributed by atoms with Crippen LogP contribution in [-0.4, -0.2) is 84.4 Å². The van der Waals surface area contributed by atoms with E-state index in [2.05, 4.69) is 14.9 Å². The smallest absolute Gasteiger partial charge is 0.274 e. The van der Waals surface area contributed by atoms with Crippen molar-refractivity contribution in [2.75, 3.05) is 51.8 Å². The molecule has 0 saturated carbocycles. The van der Waals surface area contributed by atoms with E-state index in [1.165, 1.54) is 23.5 Å². The summed E-state index contributed by atoms with van der Waals surface area (Å²) >= 11 is 0. The fourth-order valence-corrected chi connectivity index (χ4v) is 4.78. The lowest BCUT2D eigenvalue weighted by Crippen LogP contribution is -2.49. The van der Waals surface area contributed by atoms with E-state index in [-0.39, 0.29) is 24.3 Å². The standard InChI is InChI=1S/C27H27N5O5/c1-36-22-7-6-18(16-23(22)37-2)8-11-32-25(33)19-4-3-5-21(24(19)27(32)35)30-12-14-31(15-13-30)26(34)20-17-28-9-10-29-20/h3-7,9-10,16-17H,8,11-15H2,1-2H3. The maximum absolute atomic E-state index is 13.4. The predicted molar refractivity (Wildman–Crippen MR) is 135 cm³/mol. The minimum atomic E-state index is -0.297. The summed E-state index contributed by atoms with van der Waals surface area (Å²) in [6, 6.07) is 10.9. The number of piperazine rings is 1. The molecule has 1 aromatic heterocycles. The van der Waals surface area contributed by atoms with Crippen LogP contribution in [0, 0.1) is 0 Å². The molecule has 0 unspecified atom stereocenters. The van der Waals surface area contributed by atoms with E-state index < -0.39 is 0 Å². The number of imide groups is 1. The first-order chi connectivity index (χ1) is 18.0. The van der Waals surface area contributed by atoms with Crippen molar-refractivity contribution in [1.29, 1.82) is 0 Å². The molecule has 2 aliphatic heterocycles. The summed E-state index contributed by atoms with van der Waals surface area (Å²) in [5, 5.41) is 0. The number of hydrogen-bond acceptors (Lipinski definition) is 8. The van der Waals surface area contributed by atoms with Gasteiger partial charge in [-0.15, -0.1) is 0 Å². The first kappa shape index (κ1) is 24.2. The van der Waals surface area contributed by atoms with Gasteiger partial charge in [-0.1, -0.05) is 12.1 Å². The molecule has 0 bridgehead atoms. The van der Waals surface area contributed by atoms with Crippen molar-refractivity contribution in [1.82, 2.24) is 19.8 Å². The van der Waals surface area contributed by atoms with E-state index in [9.17, 15) is 14.4 Å². The Balaban J connectivity index is 1.28.